The van der Waals surface area contributed by atoms with E-state index in [0.29, 0.717) is 11.6 Å². The minimum absolute atomic E-state index is 0.00109. The normalized spacial score (nSPS) is 11.2. The van der Waals surface area contributed by atoms with E-state index in [4.69, 9.17) is 10.0 Å². The Balaban J connectivity index is 2.05. The van der Waals surface area contributed by atoms with Gasteiger partial charge in [0.25, 0.3) is 5.91 Å². The smallest absolute Gasteiger partial charge is 0.423 e. The fourth-order valence-electron chi connectivity index (χ4n) is 1.96. The number of nitrogens with one attached hydrogen (secondary N) is 1. The standard InChI is InChI=1S/C15H12BF4NO3/c17-13-7-10(15(18,19)20)3-6-12(13)14(22)21-8-9-1-4-11(5-2-9)16(23)24/h1-7,23-24H,8H2,(H,21,22). The van der Waals surface area contributed by atoms with Gasteiger partial charge in [-0.25, -0.2) is 4.39 Å². The number of hydrogen-bond acceptors (Lipinski definition) is 3. The molecule has 0 unspecified atom stereocenters. The molecule has 0 aromatic heterocycles. The van der Waals surface area contributed by atoms with Gasteiger partial charge < -0.3 is 15.4 Å². The van der Waals surface area contributed by atoms with E-state index >= 15 is 0 Å². The van der Waals surface area contributed by atoms with Crippen LogP contribution in [0.2, 0.25) is 0 Å². The van der Waals surface area contributed by atoms with Crippen LogP contribution in [0.3, 0.4) is 0 Å². The number of hydrogen-bond donors (Lipinski definition) is 3. The molecule has 24 heavy (non-hydrogen) atoms. The molecule has 0 aliphatic heterocycles. The van der Waals surface area contributed by atoms with Crippen molar-refractivity contribution in [3.05, 3.63) is 65.0 Å². The highest BCUT2D eigenvalue weighted by Gasteiger charge is 2.31. The van der Waals surface area contributed by atoms with Crippen LogP contribution in [0, 0.1) is 5.82 Å². The summed E-state index contributed by atoms with van der Waals surface area (Å²) in [4.78, 5) is 11.9. The lowest BCUT2D eigenvalue weighted by Gasteiger charge is -2.10. The summed E-state index contributed by atoms with van der Waals surface area (Å²) in [7, 11) is -1.62. The van der Waals surface area contributed by atoms with Crippen molar-refractivity contribution in [1.29, 1.82) is 0 Å². The van der Waals surface area contributed by atoms with E-state index in [9.17, 15) is 22.4 Å². The number of rotatable bonds is 4. The molecule has 4 nitrogen and oxygen atoms in total. The van der Waals surface area contributed by atoms with Crippen LogP contribution < -0.4 is 10.8 Å². The Morgan fingerprint density at radius 3 is 2.21 bits per heavy atom. The number of halogens is 4. The Morgan fingerprint density at radius 2 is 1.71 bits per heavy atom. The molecule has 0 fully saturated rings. The topological polar surface area (TPSA) is 69.6 Å². The van der Waals surface area contributed by atoms with Crippen molar-refractivity contribution in [2.45, 2.75) is 12.7 Å². The predicted molar refractivity (Wildman–Crippen MR) is 78.8 cm³/mol. The molecule has 0 saturated carbocycles. The van der Waals surface area contributed by atoms with Gasteiger partial charge in [-0.05, 0) is 29.2 Å². The molecule has 0 aliphatic carbocycles. The molecule has 0 saturated heterocycles. The van der Waals surface area contributed by atoms with Gasteiger partial charge in [-0.3, -0.25) is 4.79 Å². The number of benzene rings is 2. The molecular weight excluding hydrogens is 329 g/mol. The quantitative estimate of drug-likeness (QED) is 0.583. The second kappa shape index (κ2) is 7.02. The molecule has 1 amide bonds. The largest absolute Gasteiger partial charge is 0.488 e. The molecule has 0 atom stereocenters. The molecule has 2 aromatic rings. The minimum Gasteiger partial charge on any atom is -0.423 e. The number of amides is 1. The van der Waals surface area contributed by atoms with Crippen LogP contribution in [0.1, 0.15) is 21.5 Å². The molecule has 9 heteroatoms. The van der Waals surface area contributed by atoms with E-state index < -0.39 is 36.1 Å². The number of alkyl halides is 3. The van der Waals surface area contributed by atoms with Crippen molar-refractivity contribution in [1.82, 2.24) is 5.32 Å². The van der Waals surface area contributed by atoms with E-state index in [1.54, 1.807) is 0 Å². The summed E-state index contributed by atoms with van der Waals surface area (Å²) in [6.45, 7) is 0.00109. The summed E-state index contributed by atoms with van der Waals surface area (Å²) < 4.78 is 51.1. The molecule has 2 rings (SSSR count). The minimum atomic E-state index is -4.69. The predicted octanol–water partition coefficient (Wildman–Crippen LogP) is 1.45. The van der Waals surface area contributed by atoms with E-state index in [1.165, 1.54) is 24.3 Å². The average Bonchev–Trinajstić information content (AvgIpc) is 2.52. The monoisotopic (exact) mass is 341 g/mol. The molecule has 126 valence electrons. The molecule has 2 aromatic carbocycles. The van der Waals surface area contributed by atoms with Gasteiger partial charge in [-0.2, -0.15) is 13.2 Å². The van der Waals surface area contributed by atoms with Crippen LogP contribution >= 0.6 is 0 Å². The van der Waals surface area contributed by atoms with E-state index in [0.717, 1.165) is 6.07 Å². The third-order valence-corrected chi connectivity index (χ3v) is 3.27. The third kappa shape index (κ3) is 4.33. The number of carbonyl (C=O) groups excluding carboxylic acids is 1. The van der Waals surface area contributed by atoms with Crippen molar-refractivity contribution in [3.63, 3.8) is 0 Å². The maximum absolute atomic E-state index is 13.7. The molecular formula is C15H12BF4NO3. The first kappa shape index (κ1) is 18.0. The molecule has 0 heterocycles. The van der Waals surface area contributed by atoms with Gasteiger partial charge in [0.15, 0.2) is 0 Å². The Kier molecular flexibility index (Phi) is 5.25. The highest BCUT2D eigenvalue weighted by molar-refractivity contribution is 6.58. The van der Waals surface area contributed by atoms with Crippen LogP contribution in [0.15, 0.2) is 42.5 Å². The number of carbonyl (C=O) groups is 1. The van der Waals surface area contributed by atoms with Gasteiger partial charge in [-0.1, -0.05) is 24.3 Å². The Hall–Kier alpha value is -2.39. The summed E-state index contributed by atoms with van der Waals surface area (Å²) in [5.41, 5.74) is -0.806. The highest BCUT2D eigenvalue weighted by atomic mass is 19.4. The second-order valence-electron chi connectivity index (χ2n) is 4.99. The van der Waals surface area contributed by atoms with Crippen LogP contribution in [0.4, 0.5) is 17.6 Å². The fourth-order valence-corrected chi connectivity index (χ4v) is 1.96. The lowest BCUT2D eigenvalue weighted by molar-refractivity contribution is -0.137. The van der Waals surface area contributed by atoms with E-state index in [2.05, 4.69) is 5.32 Å². The zero-order valence-electron chi connectivity index (χ0n) is 12.1. The van der Waals surface area contributed by atoms with Gasteiger partial charge in [-0.15, -0.1) is 0 Å². The average molecular weight is 341 g/mol. The second-order valence-corrected chi connectivity index (χ2v) is 4.99. The van der Waals surface area contributed by atoms with Crippen molar-refractivity contribution >= 4 is 18.5 Å². The first-order valence-electron chi connectivity index (χ1n) is 6.78. The zero-order chi connectivity index (χ0) is 17.9. The molecule has 0 radical (unpaired) electrons. The molecule has 0 bridgehead atoms. The maximum Gasteiger partial charge on any atom is 0.488 e. The maximum atomic E-state index is 13.7. The van der Waals surface area contributed by atoms with Crippen LogP contribution in [-0.4, -0.2) is 23.1 Å². The van der Waals surface area contributed by atoms with Gasteiger partial charge in [0, 0.05) is 6.54 Å². The van der Waals surface area contributed by atoms with Crippen molar-refractivity contribution in [3.8, 4) is 0 Å². The van der Waals surface area contributed by atoms with Crippen molar-refractivity contribution < 1.29 is 32.4 Å². The van der Waals surface area contributed by atoms with Crippen molar-refractivity contribution in [2.24, 2.45) is 0 Å². The van der Waals surface area contributed by atoms with E-state index in [-0.39, 0.29) is 18.1 Å². The molecule has 3 N–H and O–H groups in total. The van der Waals surface area contributed by atoms with E-state index in [1.807, 2.05) is 0 Å². The Bertz CT molecular complexity index is 732. The SMILES string of the molecule is O=C(NCc1ccc(B(O)O)cc1)c1ccc(C(F)(F)F)cc1F. The van der Waals surface area contributed by atoms with Gasteiger partial charge in [0.2, 0.25) is 0 Å². The lowest BCUT2D eigenvalue weighted by Crippen LogP contribution is -2.30. The summed E-state index contributed by atoms with van der Waals surface area (Å²) in [5, 5.41) is 20.3. The Labute approximate surface area is 134 Å². The first-order valence-corrected chi connectivity index (χ1v) is 6.78. The highest BCUT2D eigenvalue weighted by Crippen LogP contribution is 2.30. The zero-order valence-corrected chi connectivity index (χ0v) is 12.1. The van der Waals surface area contributed by atoms with Crippen molar-refractivity contribution in [2.75, 3.05) is 0 Å². The summed E-state index contributed by atoms with van der Waals surface area (Å²) >= 11 is 0. The molecule has 0 spiro atoms. The summed E-state index contributed by atoms with van der Waals surface area (Å²) in [6.07, 6.45) is -4.69. The fraction of sp³-hybridized carbons (Fsp3) is 0.133. The van der Waals surface area contributed by atoms with Gasteiger partial charge in [0.1, 0.15) is 5.82 Å². The third-order valence-electron chi connectivity index (χ3n) is 3.27. The lowest BCUT2D eigenvalue weighted by atomic mass is 9.80. The van der Waals surface area contributed by atoms with Crippen LogP contribution in [0.5, 0.6) is 0 Å². The first-order chi connectivity index (χ1) is 11.2. The van der Waals surface area contributed by atoms with Gasteiger partial charge in [0.05, 0.1) is 11.1 Å². The summed E-state index contributed by atoms with van der Waals surface area (Å²) in [5.74, 6) is -2.12. The summed E-state index contributed by atoms with van der Waals surface area (Å²) in [6, 6.07) is 7.60. The van der Waals surface area contributed by atoms with Crippen LogP contribution in [-0.2, 0) is 12.7 Å². The van der Waals surface area contributed by atoms with Crippen LogP contribution in [0.25, 0.3) is 0 Å². The van der Waals surface area contributed by atoms with Gasteiger partial charge >= 0.3 is 13.3 Å². The Morgan fingerprint density at radius 1 is 1.08 bits per heavy atom. The molecule has 0 aliphatic rings.